The topological polar surface area (TPSA) is 91.6 Å². The zero-order valence-corrected chi connectivity index (χ0v) is 27.1. The maximum atomic E-state index is 12.4. The van der Waals surface area contributed by atoms with Gasteiger partial charge in [-0.2, -0.15) is 5.26 Å². The van der Waals surface area contributed by atoms with E-state index in [1.165, 1.54) is 0 Å². The highest BCUT2D eigenvalue weighted by molar-refractivity contribution is 5.79. The first-order chi connectivity index (χ1) is 23.5. The van der Waals surface area contributed by atoms with E-state index in [2.05, 4.69) is 84.2 Å². The Morgan fingerprint density at radius 3 is 1.79 bits per heavy atom. The Morgan fingerprint density at radius 1 is 0.792 bits per heavy atom. The molecule has 6 nitrogen and oxygen atoms in total. The van der Waals surface area contributed by atoms with Gasteiger partial charge < -0.3 is 19.9 Å². The molecule has 0 heterocycles. The van der Waals surface area contributed by atoms with Crippen LogP contribution in [0.5, 0.6) is 5.75 Å². The molecule has 1 aliphatic rings. The van der Waals surface area contributed by atoms with Crippen molar-refractivity contribution in [3.63, 3.8) is 0 Å². The first-order valence-corrected chi connectivity index (χ1v) is 16.6. The number of nitriles is 1. The van der Waals surface area contributed by atoms with Crippen molar-refractivity contribution >= 4 is 11.7 Å². The maximum absolute atomic E-state index is 12.4. The molecule has 242 valence electrons. The fraction of sp³-hybridized carbons (Fsp3) is 0.238. The standard InChI is InChI=1S/C42H40N2O4/c1-2-30-26-32(40(41(45)46)44-36-20-18-31(29-43)19-21-36)28-39(27-30)47-37-22-24-38(25-23-37)48-42(33-12-6-3-7-13-33,34-14-8-4-9-15-34)35-16-10-5-11-17-35/h3-21,26-28,37-38,40,44H,2,22-25H2,1H3,(H,45,46). The zero-order chi connectivity index (χ0) is 33.3. The lowest BCUT2D eigenvalue weighted by atomic mass is 9.79. The van der Waals surface area contributed by atoms with E-state index in [-0.39, 0.29) is 12.2 Å². The summed E-state index contributed by atoms with van der Waals surface area (Å²) in [5, 5.41) is 22.4. The summed E-state index contributed by atoms with van der Waals surface area (Å²) in [6.07, 6.45) is 4.03. The maximum Gasteiger partial charge on any atom is 0.330 e. The van der Waals surface area contributed by atoms with Crippen LogP contribution in [-0.4, -0.2) is 23.3 Å². The molecule has 0 aromatic heterocycles. The van der Waals surface area contributed by atoms with Crippen molar-refractivity contribution in [1.29, 1.82) is 5.26 Å². The lowest BCUT2D eigenvalue weighted by molar-refractivity contribution is -0.138. The third-order valence-electron chi connectivity index (χ3n) is 9.11. The van der Waals surface area contributed by atoms with Gasteiger partial charge in [0, 0.05) is 5.69 Å². The second-order valence-corrected chi connectivity index (χ2v) is 12.3. The van der Waals surface area contributed by atoms with Gasteiger partial charge in [0.25, 0.3) is 0 Å². The molecule has 6 heteroatoms. The van der Waals surface area contributed by atoms with Crippen LogP contribution >= 0.6 is 0 Å². The highest BCUT2D eigenvalue weighted by Crippen LogP contribution is 2.43. The molecule has 0 spiro atoms. The van der Waals surface area contributed by atoms with Gasteiger partial charge >= 0.3 is 5.97 Å². The number of benzene rings is 5. The van der Waals surface area contributed by atoms with Gasteiger partial charge in [0.15, 0.2) is 6.04 Å². The van der Waals surface area contributed by atoms with Crippen LogP contribution < -0.4 is 10.1 Å². The first-order valence-electron chi connectivity index (χ1n) is 16.6. The van der Waals surface area contributed by atoms with E-state index >= 15 is 0 Å². The molecule has 1 unspecified atom stereocenters. The number of carbonyl (C=O) groups is 1. The zero-order valence-electron chi connectivity index (χ0n) is 27.1. The molecule has 1 aliphatic carbocycles. The number of aryl methyl sites for hydroxylation is 1. The van der Waals surface area contributed by atoms with E-state index < -0.39 is 17.6 Å². The summed E-state index contributed by atoms with van der Waals surface area (Å²) in [4.78, 5) is 12.4. The summed E-state index contributed by atoms with van der Waals surface area (Å²) in [6, 6.07) is 45.0. The molecule has 0 saturated heterocycles. The Morgan fingerprint density at radius 2 is 1.31 bits per heavy atom. The average Bonchev–Trinajstić information content (AvgIpc) is 3.14. The largest absolute Gasteiger partial charge is 0.490 e. The van der Waals surface area contributed by atoms with Crippen molar-refractivity contribution in [3.05, 3.63) is 167 Å². The van der Waals surface area contributed by atoms with Crippen LogP contribution in [0.25, 0.3) is 0 Å². The van der Waals surface area contributed by atoms with Crippen molar-refractivity contribution in [3.8, 4) is 11.8 Å². The number of rotatable bonds is 12. The minimum Gasteiger partial charge on any atom is -0.490 e. The van der Waals surface area contributed by atoms with Crippen LogP contribution in [-0.2, 0) is 21.6 Å². The second-order valence-electron chi connectivity index (χ2n) is 12.3. The molecular formula is C42H40N2O4. The van der Waals surface area contributed by atoms with Crippen LogP contribution in [0.15, 0.2) is 133 Å². The quantitative estimate of drug-likeness (QED) is 0.133. The van der Waals surface area contributed by atoms with Crippen LogP contribution in [0, 0.1) is 11.3 Å². The number of aliphatic carboxylic acids is 1. The normalized spacial score (nSPS) is 16.8. The van der Waals surface area contributed by atoms with Crippen LogP contribution in [0.1, 0.15) is 72.0 Å². The molecule has 0 radical (unpaired) electrons. The van der Waals surface area contributed by atoms with Gasteiger partial charge in [-0.15, -0.1) is 0 Å². The van der Waals surface area contributed by atoms with Gasteiger partial charge in [-0.25, -0.2) is 4.79 Å². The third kappa shape index (κ3) is 7.27. The summed E-state index contributed by atoms with van der Waals surface area (Å²) in [5.41, 5.74) is 5.28. The number of nitrogens with one attached hydrogen (secondary N) is 1. The Balaban J connectivity index is 1.20. The Bertz CT molecular complexity index is 1730. The monoisotopic (exact) mass is 636 g/mol. The minimum absolute atomic E-state index is 0.0102. The Labute approximate surface area is 282 Å². The van der Waals surface area contributed by atoms with E-state index in [0.29, 0.717) is 22.6 Å². The van der Waals surface area contributed by atoms with Gasteiger partial charge in [0.1, 0.15) is 11.4 Å². The SMILES string of the molecule is CCc1cc(OC2CCC(OC(c3ccccc3)(c3ccccc3)c3ccccc3)CC2)cc(C(Nc2ccc(C#N)cc2)C(=O)O)c1. The summed E-state index contributed by atoms with van der Waals surface area (Å²) >= 11 is 0. The first kappa shape index (κ1) is 32.6. The van der Waals surface area contributed by atoms with E-state index in [1.807, 2.05) is 43.3 Å². The van der Waals surface area contributed by atoms with Gasteiger partial charge in [-0.3, -0.25) is 0 Å². The Hall–Kier alpha value is -5.38. The number of hydrogen-bond acceptors (Lipinski definition) is 5. The van der Waals surface area contributed by atoms with E-state index in [0.717, 1.165) is 54.4 Å². The summed E-state index contributed by atoms with van der Waals surface area (Å²) in [6.45, 7) is 2.05. The van der Waals surface area contributed by atoms with Crippen molar-refractivity contribution in [1.82, 2.24) is 0 Å². The molecule has 1 atom stereocenters. The molecule has 5 aromatic rings. The van der Waals surface area contributed by atoms with Crippen molar-refractivity contribution in [2.45, 2.75) is 62.9 Å². The number of carboxylic acids is 1. The Kier molecular flexibility index (Phi) is 10.2. The summed E-state index contributed by atoms with van der Waals surface area (Å²) in [5.74, 6) is -0.316. The fourth-order valence-corrected chi connectivity index (χ4v) is 6.65. The second kappa shape index (κ2) is 15.0. The number of hydrogen-bond donors (Lipinski definition) is 2. The minimum atomic E-state index is -0.991. The predicted octanol–water partition coefficient (Wildman–Crippen LogP) is 9.06. The lowest BCUT2D eigenvalue weighted by Crippen LogP contribution is -2.39. The number of carboxylic acid groups (broad SMARTS) is 1. The van der Waals surface area contributed by atoms with Gasteiger partial charge in [-0.05, 0) is 96.3 Å². The third-order valence-corrected chi connectivity index (χ3v) is 9.11. The smallest absolute Gasteiger partial charge is 0.330 e. The molecule has 0 bridgehead atoms. The van der Waals surface area contributed by atoms with Crippen LogP contribution in [0.4, 0.5) is 5.69 Å². The number of anilines is 1. The van der Waals surface area contributed by atoms with E-state index in [9.17, 15) is 9.90 Å². The molecule has 1 fully saturated rings. The molecule has 0 amide bonds. The average molecular weight is 637 g/mol. The van der Waals surface area contributed by atoms with Crippen molar-refractivity contribution < 1.29 is 19.4 Å². The summed E-state index contributed by atoms with van der Waals surface area (Å²) < 4.78 is 13.8. The number of nitrogens with zero attached hydrogens (tertiary/aromatic N) is 1. The molecular weight excluding hydrogens is 596 g/mol. The van der Waals surface area contributed by atoms with E-state index in [4.69, 9.17) is 14.7 Å². The van der Waals surface area contributed by atoms with Crippen molar-refractivity contribution in [2.75, 3.05) is 5.32 Å². The molecule has 2 N–H and O–H groups in total. The van der Waals surface area contributed by atoms with Crippen molar-refractivity contribution in [2.24, 2.45) is 0 Å². The predicted molar refractivity (Wildman–Crippen MR) is 188 cm³/mol. The lowest BCUT2D eigenvalue weighted by Gasteiger charge is -2.41. The summed E-state index contributed by atoms with van der Waals surface area (Å²) in [7, 11) is 0. The highest BCUT2D eigenvalue weighted by Gasteiger charge is 2.40. The van der Waals surface area contributed by atoms with E-state index in [1.54, 1.807) is 24.3 Å². The fourth-order valence-electron chi connectivity index (χ4n) is 6.65. The molecule has 48 heavy (non-hydrogen) atoms. The molecule has 6 rings (SSSR count). The molecule has 5 aromatic carbocycles. The van der Waals surface area contributed by atoms with Gasteiger partial charge in [0.05, 0.1) is 23.8 Å². The van der Waals surface area contributed by atoms with Gasteiger partial charge in [-0.1, -0.05) is 104 Å². The van der Waals surface area contributed by atoms with Gasteiger partial charge in [0.2, 0.25) is 0 Å². The molecule has 1 saturated carbocycles. The van der Waals surface area contributed by atoms with Crippen LogP contribution in [0.2, 0.25) is 0 Å². The highest BCUT2D eigenvalue weighted by atomic mass is 16.5. The van der Waals surface area contributed by atoms with Crippen LogP contribution in [0.3, 0.4) is 0 Å². The number of ether oxygens (including phenoxy) is 2. The molecule has 0 aliphatic heterocycles.